The maximum absolute atomic E-state index is 5.41. The van der Waals surface area contributed by atoms with Crippen molar-refractivity contribution in [1.29, 1.82) is 0 Å². The Hall–Kier alpha value is -1.13. The molecule has 4 heteroatoms. The highest BCUT2D eigenvalue weighted by molar-refractivity contribution is 5.26. The maximum atomic E-state index is 5.41. The minimum absolute atomic E-state index is 0.355. The highest BCUT2D eigenvalue weighted by Crippen LogP contribution is 2.38. The van der Waals surface area contributed by atoms with E-state index in [0.29, 0.717) is 11.6 Å². The molecule has 1 aromatic rings. The van der Waals surface area contributed by atoms with Crippen LogP contribution in [0, 0.1) is 0 Å². The van der Waals surface area contributed by atoms with Crippen molar-refractivity contribution in [2.24, 2.45) is 0 Å². The summed E-state index contributed by atoms with van der Waals surface area (Å²) >= 11 is 0. The maximum Gasteiger partial charge on any atom is 0.217 e. The smallest absolute Gasteiger partial charge is 0.217 e. The molecule has 1 saturated carbocycles. The fourth-order valence-electron chi connectivity index (χ4n) is 3.76. The van der Waals surface area contributed by atoms with Crippen molar-refractivity contribution in [1.82, 2.24) is 15.2 Å². The first-order chi connectivity index (χ1) is 9.73. The van der Waals surface area contributed by atoms with Gasteiger partial charge in [0.1, 0.15) is 0 Å². The average molecular weight is 275 g/mol. The molecule has 1 spiro atoms. The average Bonchev–Trinajstić information content (AvgIpc) is 2.93. The second kappa shape index (κ2) is 5.70. The van der Waals surface area contributed by atoms with Gasteiger partial charge in [-0.25, -0.2) is 4.98 Å². The number of nitrogens with zero attached hydrogens (tertiary/aromatic N) is 2. The highest BCUT2D eigenvalue weighted by Gasteiger charge is 2.42. The largest absolute Gasteiger partial charge is 0.481 e. The first-order valence-corrected chi connectivity index (χ1v) is 7.70. The Morgan fingerprint density at radius 2 is 2.25 bits per heavy atom. The number of aromatic nitrogens is 1. The Labute approximate surface area is 121 Å². The number of rotatable bonds is 3. The predicted octanol–water partition coefficient (Wildman–Crippen LogP) is 2.20. The lowest BCUT2D eigenvalue weighted by Crippen LogP contribution is -2.62. The van der Waals surface area contributed by atoms with Crippen LogP contribution in [0.5, 0.6) is 5.88 Å². The molecule has 1 N–H and O–H groups in total. The summed E-state index contributed by atoms with van der Waals surface area (Å²) in [6.45, 7) is 5.45. The van der Waals surface area contributed by atoms with Gasteiger partial charge in [0.05, 0.1) is 7.11 Å². The van der Waals surface area contributed by atoms with Crippen molar-refractivity contribution >= 4 is 0 Å². The minimum Gasteiger partial charge on any atom is -0.481 e. The minimum atomic E-state index is 0.355. The van der Waals surface area contributed by atoms with Gasteiger partial charge in [-0.1, -0.05) is 18.9 Å². The van der Waals surface area contributed by atoms with Crippen molar-refractivity contribution in [3.8, 4) is 5.88 Å². The lowest BCUT2D eigenvalue weighted by atomic mass is 9.90. The third-order valence-corrected chi connectivity index (χ3v) is 4.88. The lowest BCUT2D eigenvalue weighted by molar-refractivity contribution is 0.0385. The van der Waals surface area contributed by atoms with Crippen molar-refractivity contribution in [2.75, 3.05) is 20.2 Å². The molecule has 110 valence electrons. The Balaban J connectivity index is 1.82. The topological polar surface area (TPSA) is 37.4 Å². The Morgan fingerprint density at radius 3 is 3.00 bits per heavy atom. The summed E-state index contributed by atoms with van der Waals surface area (Å²) in [6.07, 6.45) is 7.14. The van der Waals surface area contributed by atoms with Gasteiger partial charge in [0.15, 0.2) is 0 Å². The predicted molar refractivity (Wildman–Crippen MR) is 79.9 cm³/mol. The summed E-state index contributed by atoms with van der Waals surface area (Å²) in [5.74, 6) is 0.770. The molecule has 2 heterocycles. The zero-order valence-corrected chi connectivity index (χ0v) is 12.6. The summed E-state index contributed by atoms with van der Waals surface area (Å²) in [5, 5.41) is 3.67. The molecule has 0 amide bonds. The monoisotopic (exact) mass is 275 g/mol. The molecule has 4 nitrogen and oxygen atoms in total. The van der Waals surface area contributed by atoms with Crippen LogP contribution in [0.15, 0.2) is 18.3 Å². The Bertz CT molecular complexity index is 457. The van der Waals surface area contributed by atoms with Gasteiger partial charge in [0.2, 0.25) is 5.88 Å². The summed E-state index contributed by atoms with van der Waals surface area (Å²) < 4.78 is 5.41. The molecule has 1 aromatic heterocycles. The number of pyridine rings is 1. The number of piperazine rings is 1. The second-order valence-electron chi connectivity index (χ2n) is 6.27. The quantitative estimate of drug-likeness (QED) is 0.917. The Kier molecular flexibility index (Phi) is 3.94. The molecule has 20 heavy (non-hydrogen) atoms. The Morgan fingerprint density at radius 1 is 1.45 bits per heavy atom. The van der Waals surface area contributed by atoms with Crippen molar-refractivity contribution in [2.45, 2.75) is 50.7 Å². The molecule has 2 aliphatic rings. The van der Waals surface area contributed by atoms with E-state index >= 15 is 0 Å². The molecule has 1 atom stereocenters. The summed E-state index contributed by atoms with van der Waals surface area (Å²) in [6, 6.07) is 4.70. The summed E-state index contributed by atoms with van der Waals surface area (Å²) in [4.78, 5) is 7.00. The van der Waals surface area contributed by atoms with E-state index < -0.39 is 0 Å². The van der Waals surface area contributed by atoms with E-state index in [1.807, 2.05) is 6.07 Å². The van der Waals surface area contributed by atoms with E-state index in [1.165, 1.54) is 31.2 Å². The molecule has 0 aromatic carbocycles. The number of hydrogen-bond acceptors (Lipinski definition) is 4. The van der Waals surface area contributed by atoms with Crippen molar-refractivity contribution in [3.05, 3.63) is 23.9 Å². The highest BCUT2D eigenvalue weighted by atomic mass is 16.5. The fourth-order valence-corrected chi connectivity index (χ4v) is 3.76. The third kappa shape index (κ3) is 2.54. The van der Waals surface area contributed by atoms with Crippen LogP contribution in [0.25, 0.3) is 0 Å². The molecule has 1 aliphatic heterocycles. The zero-order valence-electron chi connectivity index (χ0n) is 12.6. The van der Waals surface area contributed by atoms with Crippen LogP contribution in [0.4, 0.5) is 0 Å². The van der Waals surface area contributed by atoms with Crippen LogP contribution in [0.1, 0.15) is 38.2 Å². The number of nitrogens with one attached hydrogen (secondary N) is 1. The molecule has 1 aliphatic carbocycles. The first kappa shape index (κ1) is 13.8. The van der Waals surface area contributed by atoms with E-state index in [-0.39, 0.29) is 0 Å². The summed E-state index contributed by atoms with van der Waals surface area (Å²) in [5.41, 5.74) is 1.56. The van der Waals surface area contributed by atoms with Gasteiger partial charge in [0, 0.05) is 43.0 Å². The van der Waals surface area contributed by atoms with Gasteiger partial charge in [-0.3, -0.25) is 4.90 Å². The zero-order chi connectivity index (χ0) is 14.0. The van der Waals surface area contributed by atoms with E-state index in [2.05, 4.69) is 28.2 Å². The van der Waals surface area contributed by atoms with Gasteiger partial charge in [0.25, 0.3) is 0 Å². The van der Waals surface area contributed by atoms with Crippen LogP contribution >= 0.6 is 0 Å². The van der Waals surface area contributed by atoms with Crippen LogP contribution in [-0.2, 0) is 6.54 Å². The second-order valence-corrected chi connectivity index (χ2v) is 6.27. The standard InChI is InChI=1S/C16H25N3O/c1-13-10-19(16(12-18-13)7-3-4-8-16)11-14-6-5-9-17-15(14)20-2/h5-6,9,13,18H,3-4,7-8,10-12H2,1-2H3. The van der Waals surface area contributed by atoms with Gasteiger partial charge in [-0.05, 0) is 25.8 Å². The van der Waals surface area contributed by atoms with Gasteiger partial charge in [-0.2, -0.15) is 0 Å². The van der Waals surface area contributed by atoms with Gasteiger partial charge < -0.3 is 10.1 Å². The molecular formula is C16H25N3O. The molecule has 1 unspecified atom stereocenters. The van der Waals surface area contributed by atoms with Crippen LogP contribution in [0.3, 0.4) is 0 Å². The normalized spacial score (nSPS) is 26.0. The summed E-state index contributed by atoms with van der Waals surface area (Å²) in [7, 11) is 1.71. The molecule has 1 saturated heterocycles. The molecule has 0 radical (unpaired) electrons. The SMILES string of the molecule is COc1ncccc1CN1CC(C)NCC12CCCC2. The van der Waals surface area contributed by atoms with Gasteiger partial charge >= 0.3 is 0 Å². The third-order valence-electron chi connectivity index (χ3n) is 4.88. The van der Waals surface area contributed by atoms with E-state index in [0.717, 1.165) is 25.5 Å². The molecule has 0 bridgehead atoms. The molecule has 3 rings (SSSR count). The van der Waals surface area contributed by atoms with E-state index in [9.17, 15) is 0 Å². The number of methoxy groups -OCH3 is 1. The molecule has 2 fully saturated rings. The van der Waals surface area contributed by atoms with Gasteiger partial charge in [-0.15, -0.1) is 0 Å². The van der Waals surface area contributed by atoms with Crippen molar-refractivity contribution in [3.63, 3.8) is 0 Å². The number of hydrogen-bond donors (Lipinski definition) is 1. The molecular weight excluding hydrogens is 250 g/mol. The fraction of sp³-hybridized carbons (Fsp3) is 0.688. The number of ether oxygens (including phenoxy) is 1. The lowest BCUT2D eigenvalue weighted by Gasteiger charge is -2.47. The van der Waals surface area contributed by atoms with Crippen molar-refractivity contribution < 1.29 is 4.74 Å². The van der Waals surface area contributed by atoms with Crippen LogP contribution in [-0.4, -0.2) is 41.7 Å². The van der Waals surface area contributed by atoms with E-state index in [1.54, 1.807) is 13.3 Å². The first-order valence-electron chi connectivity index (χ1n) is 7.70. The van der Waals surface area contributed by atoms with Crippen LogP contribution < -0.4 is 10.1 Å². The van der Waals surface area contributed by atoms with Crippen LogP contribution in [0.2, 0.25) is 0 Å². The van der Waals surface area contributed by atoms with E-state index in [4.69, 9.17) is 4.74 Å².